The van der Waals surface area contributed by atoms with E-state index in [1.54, 1.807) is 43.3 Å². The van der Waals surface area contributed by atoms with Crippen molar-refractivity contribution in [1.82, 2.24) is 5.32 Å². The lowest BCUT2D eigenvalue weighted by Crippen LogP contribution is -2.34. The predicted molar refractivity (Wildman–Crippen MR) is 156 cm³/mol. The fourth-order valence-corrected chi connectivity index (χ4v) is 6.03. The molecule has 41 heavy (non-hydrogen) atoms. The van der Waals surface area contributed by atoms with Gasteiger partial charge in [-0.3, -0.25) is 9.10 Å². The molecule has 214 valence electrons. The molecular weight excluding hydrogens is 570 g/mol. The molecule has 0 spiro atoms. The van der Waals surface area contributed by atoms with Gasteiger partial charge in [-0.25, -0.2) is 17.2 Å². The van der Waals surface area contributed by atoms with Gasteiger partial charge in [-0.1, -0.05) is 47.5 Å². The number of amides is 1. The molecule has 6 nitrogen and oxygen atoms in total. The molecule has 1 unspecified atom stereocenters. The summed E-state index contributed by atoms with van der Waals surface area (Å²) in [5.41, 5.74) is 1.61. The topological polar surface area (TPSA) is 75.7 Å². The van der Waals surface area contributed by atoms with Crippen LogP contribution in [0.3, 0.4) is 0 Å². The minimum absolute atomic E-state index is 0.139. The molecule has 4 rings (SSSR count). The number of carbonyl (C=O) groups excluding carboxylic acids is 1. The average molecular weight is 599 g/mol. The van der Waals surface area contributed by atoms with Crippen LogP contribution in [0.25, 0.3) is 0 Å². The van der Waals surface area contributed by atoms with Gasteiger partial charge < -0.3 is 10.1 Å². The van der Waals surface area contributed by atoms with Crippen LogP contribution in [0.4, 0.5) is 14.5 Å². The smallest absolute Gasteiger partial charge is 0.264 e. The molecule has 0 saturated carbocycles. The van der Waals surface area contributed by atoms with Crippen LogP contribution in [0.15, 0.2) is 95.9 Å². The number of nitrogens with zero attached hydrogens (tertiary/aromatic N) is 1. The monoisotopic (exact) mass is 598 g/mol. The maximum Gasteiger partial charge on any atom is 0.264 e. The highest BCUT2D eigenvalue weighted by atomic mass is 35.5. The van der Waals surface area contributed by atoms with E-state index in [2.05, 4.69) is 5.32 Å². The first kappa shape index (κ1) is 30.0. The largest absolute Gasteiger partial charge is 0.493 e. The van der Waals surface area contributed by atoms with Crippen molar-refractivity contribution in [2.75, 3.05) is 17.5 Å². The second-order valence-corrected chi connectivity index (χ2v) is 11.6. The van der Waals surface area contributed by atoms with E-state index in [4.69, 9.17) is 16.3 Å². The molecule has 0 fully saturated rings. The molecule has 0 radical (unpaired) electrons. The number of hydrogen-bond acceptors (Lipinski definition) is 4. The van der Waals surface area contributed by atoms with Crippen molar-refractivity contribution in [3.05, 3.63) is 124 Å². The Hall–Kier alpha value is -3.95. The maximum atomic E-state index is 15.0. The van der Waals surface area contributed by atoms with Crippen LogP contribution in [-0.2, 0) is 10.0 Å². The number of hydrogen-bond donors (Lipinski definition) is 1. The van der Waals surface area contributed by atoms with Crippen LogP contribution in [0.5, 0.6) is 5.75 Å². The molecule has 10 heteroatoms. The fourth-order valence-electron chi connectivity index (χ4n) is 4.27. The normalized spacial score (nSPS) is 12.0. The summed E-state index contributed by atoms with van der Waals surface area (Å²) in [4.78, 5) is 12.2. The van der Waals surface area contributed by atoms with Crippen LogP contribution in [0, 0.1) is 18.6 Å². The van der Waals surface area contributed by atoms with Crippen LogP contribution in [0.1, 0.15) is 40.9 Å². The fraction of sp³-hybridized carbons (Fsp3) is 0.194. The number of para-hydroxylation sites is 1. The lowest BCUT2D eigenvalue weighted by molar-refractivity contribution is 0.0951. The Morgan fingerprint density at radius 3 is 2.37 bits per heavy atom. The first-order valence-electron chi connectivity index (χ1n) is 12.9. The number of aryl methyl sites for hydroxylation is 1. The molecule has 0 saturated heterocycles. The molecular formula is C31H29ClF2N2O4S. The average Bonchev–Trinajstić information content (AvgIpc) is 2.95. The van der Waals surface area contributed by atoms with Gasteiger partial charge in [-0.15, -0.1) is 0 Å². The predicted octanol–water partition coefficient (Wildman–Crippen LogP) is 7.08. The summed E-state index contributed by atoms with van der Waals surface area (Å²) in [5, 5.41) is 3.17. The number of anilines is 1. The van der Waals surface area contributed by atoms with Crippen LogP contribution in [-0.4, -0.2) is 27.5 Å². The summed E-state index contributed by atoms with van der Waals surface area (Å²) in [5.74, 6) is -1.52. The van der Waals surface area contributed by atoms with Crippen molar-refractivity contribution in [3.63, 3.8) is 0 Å². The summed E-state index contributed by atoms with van der Waals surface area (Å²) in [6.07, 6.45) is 0.478. The Morgan fingerprint density at radius 2 is 1.66 bits per heavy atom. The van der Waals surface area contributed by atoms with E-state index in [-0.39, 0.29) is 17.4 Å². The first-order valence-corrected chi connectivity index (χ1v) is 14.7. The molecule has 4 aromatic carbocycles. The van der Waals surface area contributed by atoms with Gasteiger partial charge in [0.15, 0.2) is 0 Å². The van der Waals surface area contributed by atoms with Gasteiger partial charge in [0.1, 0.15) is 17.4 Å². The quantitative estimate of drug-likeness (QED) is 0.187. The van der Waals surface area contributed by atoms with Crippen LogP contribution < -0.4 is 14.4 Å². The molecule has 0 aromatic heterocycles. The number of carbonyl (C=O) groups is 1. The molecule has 0 aliphatic rings. The lowest BCUT2D eigenvalue weighted by Gasteiger charge is -2.32. The van der Waals surface area contributed by atoms with E-state index in [0.29, 0.717) is 34.9 Å². The Morgan fingerprint density at radius 1 is 0.976 bits per heavy atom. The van der Waals surface area contributed by atoms with Crippen molar-refractivity contribution in [2.24, 2.45) is 0 Å². The second-order valence-electron chi connectivity index (χ2n) is 9.39. The Kier molecular flexibility index (Phi) is 9.62. The van der Waals surface area contributed by atoms with Crippen molar-refractivity contribution < 1.29 is 26.7 Å². The molecule has 1 amide bonds. The molecule has 0 heterocycles. The number of halogens is 3. The van der Waals surface area contributed by atoms with E-state index in [1.807, 2.05) is 19.1 Å². The van der Waals surface area contributed by atoms with Gasteiger partial charge >= 0.3 is 0 Å². The Bertz CT molecular complexity index is 1610. The molecule has 4 aromatic rings. The molecule has 0 aliphatic carbocycles. The molecule has 1 atom stereocenters. The third-order valence-corrected chi connectivity index (χ3v) is 8.57. The van der Waals surface area contributed by atoms with Crippen molar-refractivity contribution in [2.45, 2.75) is 31.2 Å². The number of ether oxygens (including phenoxy) is 1. The summed E-state index contributed by atoms with van der Waals surface area (Å²) < 4.78 is 63.8. The highest BCUT2D eigenvalue weighted by molar-refractivity contribution is 7.92. The van der Waals surface area contributed by atoms with Gasteiger partial charge in [-0.05, 0) is 74.9 Å². The second kappa shape index (κ2) is 13.1. The Balaban J connectivity index is 1.55. The van der Waals surface area contributed by atoms with Crippen molar-refractivity contribution in [1.29, 1.82) is 0 Å². The standard InChI is InChI=1S/C31H29ClF2N2O4S/c1-21-8-10-23(11-9-21)31(37)35-18-5-19-40-30-7-4-3-6-27(30)22(2)36(29-20-25(33)14-17-28(29)34)41(38,39)26-15-12-24(32)13-16-26/h3-4,6-17,20,22H,5,18-19H2,1-2H3,(H,35,37). The van der Waals surface area contributed by atoms with Gasteiger partial charge in [0.2, 0.25) is 0 Å². The van der Waals surface area contributed by atoms with E-state index in [1.165, 1.54) is 24.3 Å². The highest BCUT2D eigenvalue weighted by Crippen LogP contribution is 2.38. The van der Waals surface area contributed by atoms with Crippen molar-refractivity contribution >= 4 is 33.2 Å². The van der Waals surface area contributed by atoms with Gasteiger partial charge in [0.25, 0.3) is 15.9 Å². The summed E-state index contributed by atoms with van der Waals surface area (Å²) in [7, 11) is -4.38. The zero-order valence-electron chi connectivity index (χ0n) is 22.5. The number of benzene rings is 4. The third-order valence-electron chi connectivity index (χ3n) is 6.41. The minimum atomic E-state index is -4.38. The summed E-state index contributed by atoms with van der Waals surface area (Å²) in [6, 6.07) is 21.1. The van der Waals surface area contributed by atoms with Crippen LogP contribution in [0.2, 0.25) is 5.02 Å². The SMILES string of the molecule is Cc1ccc(C(=O)NCCCOc2ccccc2C(C)N(c2cc(F)ccc2F)S(=O)(=O)c2ccc(Cl)cc2)cc1. The number of sulfonamides is 1. The zero-order chi connectivity index (χ0) is 29.6. The van der Waals surface area contributed by atoms with E-state index in [0.717, 1.165) is 28.1 Å². The Labute approximate surface area is 243 Å². The van der Waals surface area contributed by atoms with E-state index >= 15 is 4.39 Å². The third kappa shape index (κ3) is 7.23. The lowest BCUT2D eigenvalue weighted by atomic mass is 10.1. The highest BCUT2D eigenvalue weighted by Gasteiger charge is 2.34. The minimum Gasteiger partial charge on any atom is -0.493 e. The number of nitrogens with one attached hydrogen (secondary N) is 1. The first-order chi connectivity index (χ1) is 19.6. The van der Waals surface area contributed by atoms with Gasteiger partial charge in [0.05, 0.1) is 23.2 Å². The van der Waals surface area contributed by atoms with Gasteiger partial charge in [-0.2, -0.15) is 0 Å². The van der Waals surface area contributed by atoms with Crippen molar-refractivity contribution in [3.8, 4) is 5.75 Å². The van der Waals surface area contributed by atoms with Gasteiger partial charge in [0, 0.05) is 28.8 Å². The summed E-state index contributed by atoms with van der Waals surface area (Å²) >= 11 is 5.95. The molecule has 0 bridgehead atoms. The number of rotatable bonds is 11. The molecule has 0 aliphatic heterocycles. The maximum absolute atomic E-state index is 15.0. The van der Waals surface area contributed by atoms with E-state index in [9.17, 15) is 17.6 Å². The molecule has 1 N–H and O–H groups in total. The van der Waals surface area contributed by atoms with Crippen LogP contribution >= 0.6 is 11.6 Å². The summed E-state index contributed by atoms with van der Waals surface area (Å²) in [6.45, 7) is 4.09. The van der Waals surface area contributed by atoms with E-state index < -0.39 is 33.4 Å². The zero-order valence-corrected chi connectivity index (χ0v) is 24.1.